The van der Waals surface area contributed by atoms with Crippen LogP contribution in [0.15, 0.2) is 24.3 Å². The topological polar surface area (TPSA) is 52.0 Å². The van der Waals surface area contributed by atoms with Gasteiger partial charge in [0.25, 0.3) is 0 Å². The van der Waals surface area contributed by atoms with Crippen molar-refractivity contribution in [1.82, 2.24) is 0 Å². The molecule has 0 unspecified atom stereocenters. The van der Waals surface area contributed by atoms with Crippen LogP contribution in [0.5, 0.6) is 0 Å². The Labute approximate surface area is 73.6 Å². The SMILES string of the molecule is NCCCCc1ccccc1N. The largest absolute Gasteiger partial charge is 0.399 e. The van der Waals surface area contributed by atoms with E-state index in [-0.39, 0.29) is 0 Å². The molecule has 0 heterocycles. The summed E-state index contributed by atoms with van der Waals surface area (Å²) < 4.78 is 0. The van der Waals surface area contributed by atoms with Crippen LogP contribution in [0.1, 0.15) is 18.4 Å². The van der Waals surface area contributed by atoms with E-state index < -0.39 is 0 Å². The normalized spacial score (nSPS) is 10.1. The summed E-state index contributed by atoms with van der Waals surface area (Å²) in [5.74, 6) is 0. The molecule has 1 aromatic carbocycles. The summed E-state index contributed by atoms with van der Waals surface area (Å²) >= 11 is 0. The van der Waals surface area contributed by atoms with Gasteiger partial charge >= 0.3 is 0 Å². The number of para-hydroxylation sites is 1. The molecule has 0 bridgehead atoms. The first-order chi connectivity index (χ1) is 5.84. The number of anilines is 1. The maximum Gasteiger partial charge on any atom is 0.0346 e. The Hall–Kier alpha value is -1.02. The zero-order chi connectivity index (χ0) is 8.81. The maximum atomic E-state index is 5.77. The van der Waals surface area contributed by atoms with Crippen molar-refractivity contribution in [1.29, 1.82) is 0 Å². The fourth-order valence-electron chi connectivity index (χ4n) is 1.22. The van der Waals surface area contributed by atoms with Crippen LogP contribution in [0.3, 0.4) is 0 Å². The van der Waals surface area contributed by atoms with Gasteiger partial charge in [0.05, 0.1) is 0 Å². The van der Waals surface area contributed by atoms with Crippen molar-refractivity contribution >= 4 is 5.69 Å². The molecule has 2 heteroatoms. The van der Waals surface area contributed by atoms with Gasteiger partial charge < -0.3 is 11.5 Å². The highest BCUT2D eigenvalue weighted by atomic mass is 14.6. The van der Waals surface area contributed by atoms with E-state index in [0.29, 0.717) is 0 Å². The molecule has 0 aromatic heterocycles. The van der Waals surface area contributed by atoms with Gasteiger partial charge in [0.2, 0.25) is 0 Å². The predicted octanol–water partition coefficient (Wildman–Crippen LogP) is 1.55. The number of hydrogen-bond acceptors (Lipinski definition) is 2. The smallest absolute Gasteiger partial charge is 0.0346 e. The molecule has 1 rings (SSSR count). The number of benzene rings is 1. The third kappa shape index (κ3) is 2.55. The van der Waals surface area contributed by atoms with Gasteiger partial charge in [-0.25, -0.2) is 0 Å². The summed E-state index contributed by atoms with van der Waals surface area (Å²) in [5, 5.41) is 0. The summed E-state index contributed by atoms with van der Waals surface area (Å²) in [6.07, 6.45) is 3.25. The molecule has 0 fully saturated rings. The highest BCUT2D eigenvalue weighted by molar-refractivity contribution is 5.46. The molecular weight excluding hydrogens is 148 g/mol. The molecule has 0 atom stereocenters. The number of hydrogen-bond donors (Lipinski definition) is 2. The highest BCUT2D eigenvalue weighted by Crippen LogP contribution is 2.12. The summed E-state index contributed by atoms with van der Waals surface area (Å²) in [6, 6.07) is 8.00. The van der Waals surface area contributed by atoms with Crippen molar-refractivity contribution in [2.45, 2.75) is 19.3 Å². The number of nitrogens with two attached hydrogens (primary N) is 2. The molecule has 1 aromatic rings. The van der Waals surface area contributed by atoms with Gasteiger partial charge in [0, 0.05) is 5.69 Å². The molecule has 0 aliphatic rings. The second-order valence-electron chi connectivity index (χ2n) is 2.94. The van der Waals surface area contributed by atoms with E-state index in [1.807, 2.05) is 18.2 Å². The van der Waals surface area contributed by atoms with Gasteiger partial charge in [-0.15, -0.1) is 0 Å². The lowest BCUT2D eigenvalue weighted by Gasteiger charge is -2.03. The molecule has 2 nitrogen and oxygen atoms in total. The van der Waals surface area contributed by atoms with Gasteiger partial charge in [-0.05, 0) is 37.4 Å². The molecule has 4 N–H and O–H groups in total. The van der Waals surface area contributed by atoms with E-state index in [2.05, 4.69) is 6.07 Å². The van der Waals surface area contributed by atoms with Crippen LogP contribution in [-0.4, -0.2) is 6.54 Å². The molecule has 0 radical (unpaired) electrons. The zero-order valence-corrected chi connectivity index (χ0v) is 7.29. The number of aryl methyl sites for hydroxylation is 1. The van der Waals surface area contributed by atoms with E-state index in [4.69, 9.17) is 11.5 Å². The van der Waals surface area contributed by atoms with Crippen LogP contribution in [-0.2, 0) is 6.42 Å². The molecule has 0 saturated heterocycles. The summed E-state index contributed by atoms with van der Waals surface area (Å²) in [6.45, 7) is 0.771. The zero-order valence-electron chi connectivity index (χ0n) is 7.29. The van der Waals surface area contributed by atoms with E-state index in [1.54, 1.807) is 0 Å². The Morgan fingerprint density at radius 2 is 1.83 bits per heavy atom. The van der Waals surface area contributed by atoms with Gasteiger partial charge in [-0.1, -0.05) is 18.2 Å². The Morgan fingerprint density at radius 1 is 1.08 bits per heavy atom. The van der Waals surface area contributed by atoms with Crippen molar-refractivity contribution in [2.24, 2.45) is 5.73 Å². The third-order valence-corrected chi connectivity index (χ3v) is 1.96. The van der Waals surface area contributed by atoms with E-state index >= 15 is 0 Å². The first kappa shape index (κ1) is 9.07. The van der Waals surface area contributed by atoms with Crippen molar-refractivity contribution in [2.75, 3.05) is 12.3 Å². The molecule has 0 aliphatic heterocycles. The lowest BCUT2D eigenvalue weighted by molar-refractivity contribution is 0.746. The van der Waals surface area contributed by atoms with Crippen LogP contribution in [0.2, 0.25) is 0 Å². The first-order valence-corrected chi connectivity index (χ1v) is 4.38. The van der Waals surface area contributed by atoms with E-state index in [9.17, 15) is 0 Å². The summed E-state index contributed by atoms with van der Waals surface area (Å²) in [7, 11) is 0. The quantitative estimate of drug-likeness (QED) is 0.524. The van der Waals surface area contributed by atoms with E-state index in [0.717, 1.165) is 31.5 Å². The van der Waals surface area contributed by atoms with Gasteiger partial charge in [0.15, 0.2) is 0 Å². The highest BCUT2D eigenvalue weighted by Gasteiger charge is 1.95. The third-order valence-electron chi connectivity index (χ3n) is 1.96. The Bertz CT molecular complexity index is 233. The lowest BCUT2D eigenvalue weighted by atomic mass is 10.1. The maximum absolute atomic E-state index is 5.77. The average Bonchev–Trinajstić information content (AvgIpc) is 2.09. The van der Waals surface area contributed by atoms with Crippen LogP contribution in [0, 0.1) is 0 Å². The standard InChI is InChI=1S/C10H16N2/c11-8-4-3-6-9-5-1-2-7-10(9)12/h1-2,5,7H,3-4,6,8,11-12H2. The molecule has 0 spiro atoms. The Kier molecular flexibility index (Phi) is 3.61. The Balaban J connectivity index is 2.46. The lowest BCUT2D eigenvalue weighted by Crippen LogP contribution is -2.00. The molecule has 66 valence electrons. The number of nitrogen functional groups attached to an aromatic ring is 1. The molecule has 0 amide bonds. The van der Waals surface area contributed by atoms with Crippen molar-refractivity contribution < 1.29 is 0 Å². The van der Waals surface area contributed by atoms with E-state index in [1.165, 1.54) is 5.56 Å². The summed E-state index contributed by atoms with van der Waals surface area (Å²) in [5.41, 5.74) is 13.3. The number of unbranched alkanes of at least 4 members (excludes halogenated alkanes) is 1. The van der Waals surface area contributed by atoms with Gasteiger partial charge in [-0.2, -0.15) is 0 Å². The average molecular weight is 164 g/mol. The van der Waals surface area contributed by atoms with Crippen molar-refractivity contribution in [3.63, 3.8) is 0 Å². The molecule has 0 saturated carbocycles. The van der Waals surface area contributed by atoms with Gasteiger partial charge in [-0.3, -0.25) is 0 Å². The molecular formula is C10H16N2. The van der Waals surface area contributed by atoms with Crippen LogP contribution < -0.4 is 11.5 Å². The van der Waals surface area contributed by atoms with Crippen LogP contribution in [0.4, 0.5) is 5.69 Å². The second kappa shape index (κ2) is 4.78. The minimum absolute atomic E-state index is 0.771. The molecule has 0 aliphatic carbocycles. The first-order valence-electron chi connectivity index (χ1n) is 4.38. The van der Waals surface area contributed by atoms with Gasteiger partial charge in [0.1, 0.15) is 0 Å². The minimum atomic E-state index is 0.771. The van der Waals surface area contributed by atoms with Crippen molar-refractivity contribution in [3.8, 4) is 0 Å². The fourth-order valence-corrected chi connectivity index (χ4v) is 1.22. The second-order valence-corrected chi connectivity index (χ2v) is 2.94. The Morgan fingerprint density at radius 3 is 2.50 bits per heavy atom. The van der Waals surface area contributed by atoms with Crippen LogP contribution >= 0.6 is 0 Å². The summed E-state index contributed by atoms with van der Waals surface area (Å²) in [4.78, 5) is 0. The number of rotatable bonds is 4. The van der Waals surface area contributed by atoms with Crippen molar-refractivity contribution in [3.05, 3.63) is 29.8 Å². The monoisotopic (exact) mass is 164 g/mol. The molecule has 12 heavy (non-hydrogen) atoms. The minimum Gasteiger partial charge on any atom is -0.399 e. The van der Waals surface area contributed by atoms with Crippen LogP contribution in [0.25, 0.3) is 0 Å². The predicted molar refractivity (Wildman–Crippen MR) is 52.8 cm³/mol. The fraction of sp³-hybridized carbons (Fsp3) is 0.400.